The molecule has 3 aromatic rings. The molecule has 0 aliphatic rings. The number of aryl methyl sites for hydroxylation is 2. The maximum atomic E-state index is 11.7. The van der Waals surface area contributed by atoms with Crippen LogP contribution >= 0.6 is 0 Å². The van der Waals surface area contributed by atoms with E-state index in [2.05, 4.69) is 9.72 Å². The Morgan fingerprint density at radius 1 is 1.15 bits per heavy atom. The standard InChI is InChI=1S/C21H21NO5/c1-5-17-13(3)20(27-21(24)25-4)16-11-19(12(2)10-18(16)22-17)26-15-8-6-14(23)7-9-15/h6-11,23H,5H2,1-4H3. The van der Waals surface area contributed by atoms with Crippen LogP contribution in [0.5, 0.6) is 23.0 Å². The fourth-order valence-corrected chi connectivity index (χ4v) is 2.86. The van der Waals surface area contributed by atoms with Gasteiger partial charge in [0.2, 0.25) is 0 Å². The molecule has 0 aliphatic heterocycles. The molecule has 0 spiro atoms. The van der Waals surface area contributed by atoms with E-state index in [0.717, 1.165) is 16.8 Å². The summed E-state index contributed by atoms with van der Waals surface area (Å²) in [5.41, 5.74) is 3.24. The number of benzene rings is 2. The van der Waals surface area contributed by atoms with E-state index in [-0.39, 0.29) is 5.75 Å². The molecule has 0 bridgehead atoms. The van der Waals surface area contributed by atoms with Gasteiger partial charge in [-0.3, -0.25) is 4.98 Å². The minimum absolute atomic E-state index is 0.165. The quantitative estimate of drug-likeness (QED) is 0.650. The summed E-state index contributed by atoms with van der Waals surface area (Å²) in [5.74, 6) is 1.77. The molecule has 0 saturated heterocycles. The van der Waals surface area contributed by atoms with Gasteiger partial charge in [-0.25, -0.2) is 4.79 Å². The third-order valence-corrected chi connectivity index (χ3v) is 4.32. The number of phenolic OH excluding ortho intramolecular Hbond substituents is 1. The van der Waals surface area contributed by atoms with Crippen molar-refractivity contribution < 1.29 is 24.1 Å². The van der Waals surface area contributed by atoms with E-state index in [0.29, 0.717) is 34.6 Å². The number of rotatable bonds is 4. The summed E-state index contributed by atoms with van der Waals surface area (Å²) >= 11 is 0. The van der Waals surface area contributed by atoms with Gasteiger partial charge in [0.1, 0.15) is 23.0 Å². The molecule has 6 nitrogen and oxygen atoms in total. The van der Waals surface area contributed by atoms with Gasteiger partial charge in [0, 0.05) is 16.6 Å². The van der Waals surface area contributed by atoms with Gasteiger partial charge >= 0.3 is 6.16 Å². The van der Waals surface area contributed by atoms with E-state index in [4.69, 9.17) is 9.47 Å². The molecule has 3 rings (SSSR count). The zero-order valence-electron chi connectivity index (χ0n) is 15.7. The molecule has 27 heavy (non-hydrogen) atoms. The first kappa shape index (κ1) is 18.5. The van der Waals surface area contributed by atoms with Crippen LogP contribution in [0.3, 0.4) is 0 Å². The number of pyridine rings is 1. The van der Waals surface area contributed by atoms with Crippen molar-refractivity contribution >= 4 is 17.1 Å². The number of carbonyl (C=O) groups is 1. The Kier molecular flexibility index (Phi) is 5.16. The molecule has 2 aromatic carbocycles. The van der Waals surface area contributed by atoms with Crippen LogP contribution in [0, 0.1) is 13.8 Å². The lowest BCUT2D eigenvalue weighted by Crippen LogP contribution is -2.10. The number of methoxy groups -OCH3 is 1. The van der Waals surface area contributed by atoms with E-state index >= 15 is 0 Å². The molecule has 0 fully saturated rings. The summed E-state index contributed by atoms with van der Waals surface area (Å²) in [6.07, 6.45) is -0.0707. The fraction of sp³-hybridized carbons (Fsp3) is 0.238. The summed E-state index contributed by atoms with van der Waals surface area (Å²) in [5, 5.41) is 10.1. The Bertz CT molecular complexity index is 996. The Morgan fingerprint density at radius 3 is 2.48 bits per heavy atom. The van der Waals surface area contributed by atoms with E-state index in [1.54, 1.807) is 30.3 Å². The number of hydrogen-bond donors (Lipinski definition) is 1. The second kappa shape index (κ2) is 7.53. The lowest BCUT2D eigenvalue weighted by molar-refractivity contribution is 0.121. The zero-order chi connectivity index (χ0) is 19.6. The highest BCUT2D eigenvalue weighted by Gasteiger charge is 2.18. The topological polar surface area (TPSA) is 77.9 Å². The molecule has 1 heterocycles. The van der Waals surface area contributed by atoms with Crippen molar-refractivity contribution in [1.29, 1.82) is 0 Å². The molecule has 1 aromatic heterocycles. The minimum atomic E-state index is -0.783. The average Bonchev–Trinajstić information content (AvgIpc) is 2.66. The molecular weight excluding hydrogens is 346 g/mol. The molecule has 140 valence electrons. The normalized spacial score (nSPS) is 10.7. The Labute approximate surface area is 157 Å². The first-order valence-corrected chi connectivity index (χ1v) is 8.59. The number of aromatic hydroxyl groups is 1. The second-order valence-electron chi connectivity index (χ2n) is 6.15. The molecular formula is C21H21NO5. The van der Waals surface area contributed by atoms with E-state index in [9.17, 15) is 9.90 Å². The lowest BCUT2D eigenvalue weighted by Gasteiger charge is -2.16. The number of nitrogens with zero attached hydrogens (tertiary/aromatic N) is 1. The van der Waals surface area contributed by atoms with Gasteiger partial charge < -0.3 is 19.3 Å². The van der Waals surface area contributed by atoms with Crippen LogP contribution in [0.1, 0.15) is 23.7 Å². The number of aromatic nitrogens is 1. The van der Waals surface area contributed by atoms with Crippen molar-refractivity contribution in [2.45, 2.75) is 27.2 Å². The number of fused-ring (bicyclic) bond motifs is 1. The minimum Gasteiger partial charge on any atom is -0.508 e. The van der Waals surface area contributed by atoms with Gasteiger partial charge in [0.15, 0.2) is 0 Å². The highest BCUT2D eigenvalue weighted by molar-refractivity contribution is 5.90. The van der Waals surface area contributed by atoms with Gasteiger partial charge in [-0.15, -0.1) is 0 Å². The summed E-state index contributed by atoms with van der Waals surface area (Å²) < 4.78 is 16.0. The van der Waals surface area contributed by atoms with E-state index in [1.165, 1.54) is 7.11 Å². The molecule has 0 unspecified atom stereocenters. The zero-order valence-corrected chi connectivity index (χ0v) is 15.7. The SMILES string of the molecule is CCc1nc2cc(C)c(Oc3ccc(O)cc3)cc2c(OC(=O)OC)c1C. The highest BCUT2D eigenvalue weighted by atomic mass is 16.7. The van der Waals surface area contributed by atoms with Crippen LogP contribution in [0.25, 0.3) is 10.9 Å². The smallest absolute Gasteiger partial charge is 0.508 e. The van der Waals surface area contributed by atoms with Crippen LogP contribution in [-0.2, 0) is 11.2 Å². The monoisotopic (exact) mass is 367 g/mol. The Balaban J connectivity index is 2.14. The van der Waals surface area contributed by atoms with Gasteiger partial charge in [-0.1, -0.05) is 6.92 Å². The van der Waals surface area contributed by atoms with Crippen LogP contribution in [0.4, 0.5) is 4.79 Å². The summed E-state index contributed by atoms with van der Waals surface area (Å²) in [7, 11) is 1.27. The molecule has 0 atom stereocenters. The van der Waals surface area contributed by atoms with Gasteiger partial charge in [0.25, 0.3) is 0 Å². The third kappa shape index (κ3) is 3.79. The van der Waals surface area contributed by atoms with E-state index in [1.807, 2.05) is 26.8 Å². The second-order valence-corrected chi connectivity index (χ2v) is 6.15. The van der Waals surface area contributed by atoms with Gasteiger partial charge in [-0.2, -0.15) is 0 Å². The first-order chi connectivity index (χ1) is 12.9. The van der Waals surface area contributed by atoms with Crippen molar-refractivity contribution in [2.75, 3.05) is 7.11 Å². The van der Waals surface area contributed by atoms with Crippen molar-refractivity contribution in [3.63, 3.8) is 0 Å². The predicted molar refractivity (Wildman–Crippen MR) is 102 cm³/mol. The fourth-order valence-electron chi connectivity index (χ4n) is 2.86. The molecule has 0 aliphatic carbocycles. The summed E-state index contributed by atoms with van der Waals surface area (Å²) in [6, 6.07) is 10.2. The van der Waals surface area contributed by atoms with Crippen LogP contribution in [-0.4, -0.2) is 23.4 Å². The first-order valence-electron chi connectivity index (χ1n) is 8.59. The number of carbonyl (C=O) groups excluding carboxylic acids is 1. The molecule has 0 saturated carbocycles. The summed E-state index contributed by atoms with van der Waals surface area (Å²) in [6.45, 7) is 5.78. The molecule has 0 radical (unpaired) electrons. The predicted octanol–water partition coefficient (Wildman–Crippen LogP) is 5.06. The van der Waals surface area contributed by atoms with Crippen LogP contribution in [0.15, 0.2) is 36.4 Å². The maximum Gasteiger partial charge on any atom is 0.513 e. The largest absolute Gasteiger partial charge is 0.513 e. The van der Waals surface area contributed by atoms with E-state index < -0.39 is 6.16 Å². The summed E-state index contributed by atoms with van der Waals surface area (Å²) in [4.78, 5) is 16.4. The number of hydrogen-bond acceptors (Lipinski definition) is 6. The number of phenols is 1. The molecule has 0 amide bonds. The van der Waals surface area contributed by atoms with Crippen molar-refractivity contribution in [1.82, 2.24) is 4.98 Å². The molecule has 6 heteroatoms. The lowest BCUT2D eigenvalue weighted by atomic mass is 10.0. The highest BCUT2D eigenvalue weighted by Crippen LogP contribution is 2.36. The van der Waals surface area contributed by atoms with Gasteiger partial charge in [0.05, 0.1) is 12.6 Å². The van der Waals surface area contributed by atoms with Crippen molar-refractivity contribution in [3.05, 3.63) is 53.2 Å². The van der Waals surface area contributed by atoms with Gasteiger partial charge in [-0.05, 0) is 62.2 Å². The Hall–Kier alpha value is -3.28. The third-order valence-electron chi connectivity index (χ3n) is 4.32. The van der Waals surface area contributed by atoms with Crippen LogP contribution < -0.4 is 9.47 Å². The van der Waals surface area contributed by atoms with Crippen molar-refractivity contribution in [2.24, 2.45) is 0 Å². The number of ether oxygens (including phenoxy) is 3. The average molecular weight is 367 g/mol. The Morgan fingerprint density at radius 2 is 1.85 bits per heavy atom. The maximum absolute atomic E-state index is 11.7. The molecule has 1 N–H and O–H groups in total. The van der Waals surface area contributed by atoms with Crippen molar-refractivity contribution in [3.8, 4) is 23.0 Å². The van der Waals surface area contributed by atoms with Crippen LogP contribution in [0.2, 0.25) is 0 Å².